The minimum atomic E-state index is -4.99. The minimum Gasteiger partial charge on any atom is -0.479 e. The number of aliphatic carboxylic acids is 1. The number of amides is 1. The van der Waals surface area contributed by atoms with Crippen LogP contribution in [0.2, 0.25) is 0 Å². The molecule has 1 heterocycles. The van der Waals surface area contributed by atoms with Gasteiger partial charge in [0.25, 0.3) is 0 Å². The zero-order chi connectivity index (χ0) is 12.5. The van der Waals surface area contributed by atoms with Crippen molar-refractivity contribution in [1.29, 1.82) is 0 Å². The summed E-state index contributed by atoms with van der Waals surface area (Å²) in [6.45, 7) is 0.561. The van der Waals surface area contributed by atoms with Crippen molar-refractivity contribution < 1.29 is 32.6 Å². The summed E-state index contributed by atoms with van der Waals surface area (Å²) in [7, 11) is 0. The average Bonchev–Trinajstić information content (AvgIpc) is 2.14. The summed E-state index contributed by atoms with van der Waals surface area (Å²) in [4.78, 5) is 21.9. The fourth-order valence-electron chi connectivity index (χ4n) is 1.43. The van der Waals surface area contributed by atoms with Crippen LogP contribution in [0.5, 0.6) is 0 Å². The number of hydrogen-bond donors (Lipinski definition) is 1. The van der Waals surface area contributed by atoms with Crippen LogP contribution in [-0.2, 0) is 14.3 Å². The van der Waals surface area contributed by atoms with E-state index in [-0.39, 0.29) is 6.54 Å². The van der Waals surface area contributed by atoms with Crippen LogP contribution in [0.4, 0.5) is 13.2 Å². The number of morpholine rings is 1. The van der Waals surface area contributed by atoms with Crippen LogP contribution in [0.15, 0.2) is 0 Å². The Morgan fingerprint density at radius 3 is 2.38 bits per heavy atom. The highest BCUT2D eigenvalue weighted by Gasteiger charge is 2.45. The highest BCUT2D eigenvalue weighted by atomic mass is 19.4. The third-order valence-corrected chi connectivity index (χ3v) is 2.07. The van der Waals surface area contributed by atoms with Crippen molar-refractivity contribution in [1.82, 2.24) is 4.90 Å². The van der Waals surface area contributed by atoms with Gasteiger partial charge in [0.1, 0.15) is 0 Å². The molecule has 0 unspecified atom stereocenters. The lowest BCUT2D eigenvalue weighted by Crippen LogP contribution is -2.54. The van der Waals surface area contributed by atoms with Crippen LogP contribution in [-0.4, -0.2) is 53.4 Å². The molecule has 1 fully saturated rings. The molecule has 0 saturated carbocycles. The highest BCUT2D eigenvalue weighted by molar-refractivity contribution is 5.83. The number of carbonyl (C=O) groups is 2. The molecule has 1 aliphatic heterocycles. The summed E-state index contributed by atoms with van der Waals surface area (Å²) in [5.41, 5.74) is 0. The number of nitrogens with zero attached hydrogens (tertiary/aromatic N) is 1. The number of carboxylic acids is 1. The second-order valence-electron chi connectivity index (χ2n) is 3.48. The van der Waals surface area contributed by atoms with Gasteiger partial charge in [-0.3, -0.25) is 4.79 Å². The lowest BCUT2D eigenvalue weighted by Gasteiger charge is -2.35. The first-order chi connectivity index (χ1) is 7.21. The number of rotatable bonds is 1. The molecule has 0 aromatic heterocycles. The van der Waals surface area contributed by atoms with Gasteiger partial charge < -0.3 is 14.7 Å². The first-order valence-corrected chi connectivity index (χ1v) is 4.46. The van der Waals surface area contributed by atoms with E-state index in [0.717, 1.165) is 0 Å². The lowest BCUT2D eigenvalue weighted by atomic mass is 10.2. The minimum absolute atomic E-state index is 0.262. The van der Waals surface area contributed by atoms with Crippen LogP contribution in [0.1, 0.15) is 6.92 Å². The number of hydrogen-bond acceptors (Lipinski definition) is 3. The Morgan fingerprint density at radius 1 is 1.38 bits per heavy atom. The van der Waals surface area contributed by atoms with Gasteiger partial charge in [-0.2, -0.15) is 13.2 Å². The predicted molar refractivity (Wildman–Crippen MR) is 44.6 cm³/mol. The molecule has 0 spiro atoms. The number of carbonyl (C=O) groups excluding carboxylic acids is 1. The Kier molecular flexibility index (Phi) is 3.41. The average molecular weight is 241 g/mol. The third-order valence-electron chi connectivity index (χ3n) is 2.07. The zero-order valence-electron chi connectivity index (χ0n) is 8.32. The monoisotopic (exact) mass is 241 g/mol. The van der Waals surface area contributed by atoms with Crippen LogP contribution >= 0.6 is 0 Å². The van der Waals surface area contributed by atoms with E-state index in [2.05, 4.69) is 0 Å². The van der Waals surface area contributed by atoms with Gasteiger partial charge in [0.05, 0.1) is 12.6 Å². The molecular formula is C8H10F3NO4. The van der Waals surface area contributed by atoms with E-state index in [1.807, 2.05) is 0 Å². The topological polar surface area (TPSA) is 66.8 Å². The van der Waals surface area contributed by atoms with Gasteiger partial charge >= 0.3 is 18.1 Å². The Labute approximate surface area is 88.8 Å². The third kappa shape index (κ3) is 2.84. The summed E-state index contributed by atoms with van der Waals surface area (Å²) in [5, 5.41) is 8.61. The summed E-state index contributed by atoms with van der Waals surface area (Å²) < 4.78 is 41.2. The van der Waals surface area contributed by atoms with Crippen molar-refractivity contribution >= 4 is 11.9 Å². The molecule has 1 rings (SSSR count). The summed E-state index contributed by atoms with van der Waals surface area (Å²) in [6, 6.07) is 0. The van der Waals surface area contributed by atoms with Gasteiger partial charge in [0.2, 0.25) is 0 Å². The lowest BCUT2D eigenvalue weighted by molar-refractivity contribution is -0.196. The second-order valence-corrected chi connectivity index (χ2v) is 3.48. The van der Waals surface area contributed by atoms with Crippen LogP contribution in [0.25, 0.3) is 0 Å². The number of halogens is 3. The van der Waals surface area contributed by atoms with Gasteiger partial charge in [-0.05, 0) is 6.92 Å². The van der Waals surface area contributed by atoms with Gasteiger partial charge in [0.15, 0.2) is 6.10 Å². The van der Waals surface area contributed by atoms with Crippen molar-refractivity contribution in [3.05, 3.63) is 0 Å². The molecule has 1 N–H and O–H groups in total. The quantitative estimate of drug-likeness (QED) is 0.714. The van der Waals surface area contributed by atoms with Crippen molar-refractivity contribution in [2.45, 2.75) is 25.3 Å². The van der Waals surface area contributed by atoms with Crippen molar-refractivity contribution in [2.24, 2.45) is 0 Å². The molecule has 2 atom stereocenters. The summed E-state index contributed by atoms with van der Waals surface area (Å²) in [5.74, 6) is -3.42. The molecule has 0 radical (unpaired) electrons. The van der Waals surface area contributed by atoms with E-state index in [4.69, 9.17) is 9.84 Å². The maximum Gasteiger partial charge on any atom is 0.471 e. The first-order valence-electron chi connectivity index (χ1n) is 4.46. The van der Waals surface area contributed by atoms with Crippen LogP contribution < -0.4 is 0 Å². The molecule has 1 saturated heterocycles. The van der Waals surface area contributed by atoms with Crippen molar-refractivity contribution in [3.63, 3.8) is 0 Å². The maximum atomic E-state index is 12.1. The molecule has 0 aromatic rings. The standard InChI is InChI=1S/C8H10F3NO4/c1-4-2-12(7(15)8(9,10)11)3-5(16-4)6(13)14/h4-5H,2-3H2,1H3,(H,13,14)/t4-,5-/m0/s1. The normalized spacial score (nSPS) is 26.6. The second kappa shape index (κ2) is 4.28. The number of carboxylic acid groups (broad SMARTS) is 1. The van der Waals surface area contributed by atoms with E-state index in [1.54, 1.807) is 0 Å². The fraction of sp³-hybridized carbons (Fsp3) is 0.750. The zero-order valence-corrected chi connectivity index (χ0v) is 8.32. The molecule has 5 nitrogen and oxygen atoms in total. The van der Waals surface area contributed by atoms with Gasteiger partial charge in [-0.15, -0.1) is 0 Å². The van der Waals surface area contributed by atoms with E-state index >= 15 is 0 Å². The molecule has 1 aliphatic rings. The molecule has 0 aliphatic carbocycles. The molecule has 8 heteroatoms. The molecule has 16 heavy (non-hydrogen) atoms. The van der Waals surface area contributed by atoms with E-state index in [0.29, 0.717) is 4.90 Å². The highest BCUT2D eigenvalue weighted by Crippen LogP contribution is 2.21. The van der Waals surface area contributed by atoms with E-state index < -0.39 is 36.8 Å². The Morgan fingerprint density at radius 2 is 1.94 bits per heavy atom. The Balaban J connectivity index is 2.75. The molecule has 0 bridgehead atoms. The molecule has 92 valence electrons. The summed E-state index contributed by atoms with van der Waals surface area (Å²) >= 11 is 0. The van der Waals surface area contributed by atoms with E-state index in [9.17, 15) is 22.8 Å². The smallest absolute Gasteiger partial charge is 0.471 e. The van der Waals surface area contributed by atoms with Gasteiger partial charge in [-0.1, -0.05) is 0 Å². The SMILES string of the molecule is C[C@H]1CN(C(=O)C(F)(F)F)C[C@@H](C(=O)O)O1. The maximum absolute atomic E-state index is 12.1. The largest absolute Gasteiger partial charge is 0.479 e. The first kappa shape index (κ1) is 12.8. The Hall–Kier alpha value is -1.31. The van der Waals surface area contributed by atoms with Gasteiger partial charge in [-0.25, -0.2) is 4.79 Å². The van der Waals surface area contributed by atoms with Crippen LogP contribution in [0.3, 0.4) is 0 Å². The van der Waals surface area contributed by atoms with Crippen LogP contribution in [0, 0.1) is 0 Å². The predicted octanol–water partition coefficient (Wildman–Crippen LogP) is 0.249. The van der Waals surface area contributed by atoms with E-state index in [1.165, 1.54) is 6.92 Å². The van der Waals surface area contributed by atoms with Crippen molar-refractivity contribution in [3.8, 4) is 0 Å². The fourth-order valence-corrected chi connectivity index (χ4v) is 1.43. The summed E-state index contributed by atoms with van der Waals surface area (Å²) in [6.07, 6.45) is -7.13. The Bertz CT molecular complexity index is 304. The number of ether oxygens (including phenoxy) is 1. The van der Waals surface area contributed by atoms with Gasteiger partial charge in [0, 0.05) is 6.54 Å². The molecular weight excluding hydrogens is 231 g/mol. The van der Waals surface area contributed by atoms with Crippen molar-refractivity contribution in [2.75, 3.05) is 13.1 Å². The number of alkyl halides is 3. The molecule has 1 amide bonds. The molecule has 0 aromatic carbocycles.